The van der Waals surface area contributed by atoms with Crippen molar-refractivity contribution in [3.8, 4) is 0 Å². The Balaban J connectivity index is 1.76. The van der Waals surface area contributed by atoms with Crippen LogP contribution in [0.5, 0.6) is 0 Å². The molecule has 1 aromatic rings. The van der Waals surface area contributed by atoms with Crippen LogP contribution in [0, 0.1) is 11.7 Å². The summed E-state index contributed by atoms with van der Waals surface area (Å²) in [6, 6.07) is 0.0801. The van der Waals surface area contributed by atoms with Gasteiger partial charge in [0.05, 0.1) is 17.7 Å². The standard InChI is InChI=1S/C23H28F4N4O4/c1-5-31-21(35)29(4)20(34)22(31)8-10-30(11-9-22)19(33)17(13(2)3)28-18(32)15-12-14(23(25,26)27)6-7-16(15)24/h6-7,12-13,17H,5,8-11H2,1-4H3,(H,28,32)/p+1/t17-/m1/s1. The number of imide groups is 1. The van der Waals surface area contributed by atoms with Crippen molar-refractivity contribution < 1.29 is 41.6 Å². The Morgan fingerprint density at radius 1 is 1.17 bits per heavy atom. The maximum atomic E-state index is 14.2. The number of likely N-dealkylation sites (tertiary alicyclic amines) is 1. The first kappa shape index (κ1) is 26.6. The molecule has 0 saturated carbocycles. The number of amides is 5. The first-order valence-electron chi connectivity index (χ1n) is 11.4. The monoisotopic (exact) mass is 501 g/mol. The van der Waals surface area contributed by atoms with Crippen molar-refractivity contribution in [3.63, 3.8) is 0 Å². The van der Waals surface area contributed by atoms with Gasteiger partial charge in [-0.25, -0.2) is 19.0 Å². The molecule has 2 atom stereocenters. The molecule has 2 fully saturated rings. The Hall–Kier alpha value is -3.02. The zero-order chi connectivity index (χ0) is 26.3. The molecule has 1 spiro atoms. The van der Waals surface area contributed by atoms with E-state index in [9.17, 15) is 36.7 Å². The second-order valence-electron chi connectivity index (χ2n) is 9.30. The zero-order valence-electron chi connectivity index (χ0n) is 20.0. The highest BCUT2D eigenvalue weighted by Crippen LogP contribution is 2.30. The van der Waals surface area contributed by atoms with E-state index >= 15 is 0 Å². The van der Waals surface area contributed by atoms with Crippen molar-refractivity contribution in [2.24, 2.45) is 5.92 Å². The molecule has 1 unspecified atom stereocenters. The summed E-state index contributed by atoms with van der Waals surface area (Å²) in [5, 5.41) is 2.38. The Labute approximate surface area is 200 Å². The van der Waals surface area contributed by atoms with E-state index in [4.69, 9.17) is 0 Å². The molecule has 5 amide bonds. The van der Waals surface area contributed by atoms with Crippen molar-refractivity contribution in [1.82, 2.24) is 15.1 Å². The predicted molar refractivity (Wildman–Crippen MR) is 116 cm³/mol. The number of alkyl halides is 3. The predicted octanol–water partition coefficient (Wildman–Crippen LogP) is 1.46. The third kappa shape index (κ3) is 4.75. The van der Waals surface area contributed by atoms with Crippen LogP contribution in [-0.4, -0.2) is 71.8 Å². The number of halogens is 4. The minimum atomic E-state index is -4.76. The molecule has 2 heterocycles. The topological polar surface area (TPSA) is 91.2 Å². The summed E-state index contributed by atoms with van der Waals surface area (Å²) in [7, 11) is 1.43. The second-order valence-corrected chi connectivity index (χ2v) is 9.30. The lowest BCUT2D eigenvalue weighted by Crippen LogP contribution is -3.21. The van der Waals surface area contributed by atoms with E-state index in [-0.39, 0.29) is 37.9 Å². The van der Waals surface area contributed by atoms with Crippen LogP contribution >= 0.6 is 0 Å². The highest BCUT2D eigenvalue weighted by Gasteiger charge is 2.61. The zero-order valence-corrected chi connectivity index (χ0v) is 20.0. The number of carbonyl (C=O) groups is 4. The van der Waals surface area contributed by atoms with Gasteiger partial charge in [0, 0.05) is 33.0 Å². The van der Waals surface area contributed by atoms with Gasteiger partial charge in [0.25, 0.3) is 11.8 Å². The largest absolute Gasteiger partial charge is 0.424 e. The Morgan fingerprint density at radius 2 is 1.77 bits per heavy atom. The molecule has 0 aromatic heterocycles. The minimum Gasteiger partial charge on any atom is -0.340 e. The molecule has 192 valence electrons. The van der Waals surface area contributed by atoms with Crippen molar-refractivity contribution in [1.29, 1.82) is 0 Å². The number of urea groups is 1. The van der Waals surface area contributed by atoms with Gasteiger partial charge in [-0.2, -0.15) is 13.2 Å². The van der Waals surface area contributed by atoms with E-state index in [1.807, 2.05) is 0 Å². The number of hydrogen-bond acceptors (Lipinski definition) is 4. The molecule has 0 radical (unpaired) electrons. The molecule has 2 saturated heterocycles. The highest BCUT2D eigenvalue weighted by atomic mass is 19.4. The third-order valence-corrected chi connectivity index (χ3v) is 6.89. The van der Waals surface area contributed by atoms with Crippen LogP contribution in [0.2, 0.25) is 0 Å². The molecule has 2 aliphatic heterocycles. The van der Waals surface area contributed by atoms with E-state index in [1.165, 1.54) is 11.9 Å². The van der Waals surface area contributed by atoms with Crippen molar-refractivity contribution in [3.05, 3.63) is 35.1 Å². The van der Waals surface area contributed by atoms with Crippen LogP contribution < -0.4 is 10.2 Å². The summed E-state index contributed by atoms with van der Waals surface area (Å²) in [6.45, 7) is 5.83. The van der Waals surface area contributed by atoms with Crippen LogP contribution in [0.3, 0.4) is 0 Å². The number of piperidine rings is 1. The maximum absolute atomic E-state index is 14.2. The van der Waals surface area contributed by atoms with Gasteiger partial charge in [-0.1, -0.05) is 13.8 Å². The molecule has 2 N–H and O–H groups in total. The van der Waals surface area contributed by atoms with Crippen LogP contribution in [0.1, 0.15) is 49.5 Å². The smallest absolute Gasteiger partial charge is 0.340 e. The molecule has 0 aliphatic carbocycles. The lowest BCUT2D eigenvalue weighted by molar-refractivity contribution is -0.856. The van der Waals surface area contributed by atoms with Gasteiger partial charge in [0.2, 0.25) is 5.91 Å². The summed E-state index contributed by atoms with van der Waals surface area (Å²) >= 11 is 0. The first-order valence-corrected chi connectivity index (χ1v) is 11.4. The molecule has 2 aliphatic rings. The van der Waals surface area contributed by atoms with Crippen LogP contribution in [-0.2, 0) is 15.8 Å². The van der Waals surface area contributed by atoms with Gasteiger partial charge >= 0.3 is 12.2 Å². The van der Waals surface area contributed by atoms with E-state index in [1.54, 1.807) is 20.8 Å². The van der Waals surface area contributed by atoms with E-state index in [0.29, 0.717) is 29.6 Å². The fraction of sp³-hybridized carbons (Fsp3) is 0.565. The number of likely N-dealkylation sites (N-methyl/N-ethyl adjacent to an activating group) is 2. The van der Waals surface area contributed by atoms with Crippen LogP contribution in [0.25, 0.3) is 0 Å². The van der Waals surface area contributed by atoms with Crippen molar-refractivity contribution in [2.75, 3.05) is 26.7 Å². The summed E-state index contributed by atoms with van der Waals surface area (Å²) in [5.41, 5.74) is -2.94. The molecule has 1 aromatic carbocycles. The summed E-state index contributed by atoms with van der Waals surface area (Å²) < 4.78 is 53.2. The lowest BCUT2D eigenvalue weighted by atomic mass is 9.85. The summed E-state index contributed by atoms with van der Waals surface area (Å²) in [5.74, 6) is -3.50. The van der Waals surface area contributed by atoms with E-state index in [2.05, 4.69) is 5.32 Å². The molecule has 12 heteroatoms. The van der Waals surface area contributed by atoms with Crippen molar-refractivity contribution in [2.45, 2.75) is 51.4 Å². The van der Waals surface area contributed by atoms with Crippen LogP contribution in [0.4, 0.5) is 22.4 Å². The average Bonchev–Trinajstić information content (AvgIpc) is 2.97. The number of nitrogens with zero attached hydrogens (tertiary/aromatic N) is 2. The number of quaternary nitrogens is 1. The molecular formula is C23H29F4N4O4+. The third-order valence-electron chi connectivity index (χ3n) is 6.89. The number of benzene rings is 1. The Bertz CT molecular complexity index is 1030. The van der Waals surface area contributed by atoms with Gasteiger partial charge < -0.3 is 10.2 Å². The van der Waals surface area contributed by atoms with Gasteiger partial charge in [-0.05, 0) is 31.0 Å². The van der Waals surface area contributed by atoms with E-state index in [0.717, 1.165) is 4.90 Å². The number of rotatable bonds is 5. The highest BCUT2D eigenvalue weighted by molar-refractivity contribution is 6.01. The average molecular weight is 502 g/mol. The van der Waals surface area contributed by atoms with Crippen LogP contribution in [0.15, 0.2) is 18.2 Å². The summed E-state index contributed by atoms with van der Waals surface area (Å²) in [4.78, 5) is 54.3. The fourth-order valence-electron chi connectivity index (χ4n) is 4.87. The molecule has 35 heavy (non-hydrogen) atoms. The molecule has 8 nitrogen and oxygen atoms in total. The van der Waals surface area contributed by atoms with Gasteiger partial charge in [-0.3, -0.25) is 14.4 Å². The number of hydrogen-bond donors (Lipinski definition) is 2. The quantitative estimate of drug-likeness (QED) is 0.472. The van der Waals surface area contributed by atoms with Crippen molar-refractivity contribution >= 4 is 23.8 Å². The number of nitrogens with one attached hydrogen (secondary N) is 2. The SMILES string of the molecule is CC[NH+]1C(=O)N(C)C(=O)C12CCN(C(=O)[C@H](NC(=O)c1cc(C(F)(F)F)ccc1F)C(C)C)CC2. The maximum Gasteiger partial charge on any atom is 0.424 e. The molecular weight excluding hydrogens is 472 g/mol. The van der Waals surface area contributed by atoms with Gasteiger partial charge in [0.1, 0.15) is 11.9 Å². The summed E-state index contributed by atoms with van der Waals surface area (Å²) in [6.07, 6.45) is -4.27. The minimum absolute atomic E-state index is 0.159. The first-order chi connectivity index (χ1) is 16.2. The fourth-order valence-corrected chi connectivity index (χ4v) is 4.87. The normalized spacial score (nSPS) is 21.1. The van der Waals surface area contributed by atoms with E-state index < -0.39 is 52.4 Å². The Kier molecular flexibility index (Phi) is 7.26. The molecule has 0 bridgehead atoms. The lowest BCUT2D eigenvalue weighted by Gasteiger charge is -2.40. The molecule has 3 rings (SSSR count). The van der Waals surface area contributed by atoms with Gasteiger partial charge in [0.15, 0.2) is 5.54 Å². The Morgan fingerprint density at radius 3 is 2.29 bits per heavy atom. The number of carbonyl (C=O) groups excluding carboxylic acids is 4. The van der Waals surface area contributed by atoms with Gasteiger partial charge in [-0.15, -0.1) is 0 Å². The second kappa shape index (κ2) is 9.56.